The number of hydrogen-bond donors (Lipinski definition) is 1. The number of aryl methyl sites for hydroxylation is 1. The zero-order valence-electron chi connectivity index (χ0n) is 9.26. The van der Waals surface area contributed by atoms with Gasteiger partial charge in [-0.25, -0.2) is 4.68 Å². The minimum atomic E-state index is 0.0350. The first kappa shape index (κ1) is 11.0. The predicted molar refractivity (Wildman–Crippen MR) is 63.4 cm³/mol. The van der Waals surface area contributed by atoms with E-state index in [0.29, 0.717) is 10.8 Å². The summed E-state index contributed by atoms with van der Waals surface area (Å²) in [6, 6.07) is 0.0350. The molecule has 86 valence electrons. The van der Waals surface area contributed by atoms with Crippen molar-refractivity contribution in [3.63, 3.8) is 0 Å². The maximum Gasteiger partial charge on any atom is 0.141 e. The van der Waals surface area contributed by atoms with Gasteiger partial charge in [0.2, 0.25) is 0 Å². The van der Waals surface area contributed by atoms with Crippen LogP contribution in [-0.4, -0.2) is 19.6 Å². The van der Waals surface area contributed by atoms with Crippen LogP contribution in [0.5, 0.6) is 0 Å². The van der Waals surface area contributed by atoms with Crippen molar-refractivity contribution in [1.82, 2.24) is 19.6 Å². The maximum atomic E-state index is 5.86. The molecular formula is C10H14ClN5. The van der Waals surface area contributed by atoms with Crippen LogP contribution in [0.15, 0.2) is 18.6 Å². The lowest BCUT2D eigenvalue weighted by molar-refractivity contribution is 0.571. The van der Waals surface area contributed by atoms with Gasteiger partial charge >= 0.3 is 0 Å². The van der Waals surface area contributed by atoms with Gasteiger partial charge < -0.3 is 5.73 Å². The Morgan fingerprint density at radius 1 is 1.44 bits per heavy atom. The molecule has 0 saturated carbocycles. The van der Waals surface area contributed by atoms with E-state index in [9.17, 15) is 0 Å². The molecule has 0 amide bonds. The molecule has 0 spiro atoms. The minimum Gasteiger partial charge on any atom is -0.383 e. The zero-order valence-corrected chi connectivity index (χ0v) is 10.0. The number of rotatable bonds is 3. The van der Waals surface area contributed by atoms with Gasteiger partial charge in [-0.15, -0.1) is 0 Å². The molecule has 0 saturated heterocycles. The standard InChI is InChI=1S/C10H14ClN5/c1-3-15-6-8(4-13-15)7(2)16-10(12)9(11)5-14-16/h4-7H,3,12H2,1-2H3. The van der Waals surface area contributed by atoms with E-state index in [2.05, 4.69) is 10.2 Å². The zero-order chi connectivity index (χ0) is 11.7. The van der Waals surface area contributed by atoms with Gasteiger partial charge in [-0.05, 0) is 13.8 Å². The fourth-order valence-electron chi connectivity index (χ4n) is 1.57. The molecule has 2 aromatic heterocycles. The summed E-state index contributed by atoms with van der Waals surface area (Å²) < 4.78 is 3.56. The summed E-state index contributed by atoms with van der Waals surface area (Å²) in [6.07, 6.45) is 5.36. The van der Waals surface area contributed by atoms with Crippen molar-refractivity contribution in [2.75, 3.05) is 5.73 Å². The first-order chi connectivity index (χ1) is 7.63. The molecule has 16 heavy (non-hydrogen) atoms. The molecule has 6 heteroatoms. The molecule has 0 aliphatic carbocycles. The van der Waals surface area contributed by atoms with Crippen molar-refractivity contribution in [1.29, 1.82) is 0 Å². The average Bonchev–Trinajstić information content (AvgIpc) is 2.87. The van der Waals surface area contributed by atoms with E-state index in [1.807, 2.05) is 30.9 Å². The van der Waals surface area contributed by atoms with E-state index >= 15 is 0 Å². The SMILES string of the molecule is CCn1cc(C(C)n2ncc(Cl)c2N)cn1. The van der Waals surface area contributed by atoms with Gasteiger partial charge in [0.05, 0.1) is 18.4 Å². The van der Waals surface area contributed by atoms with Crippen molar-refractivity contribution in [3.05, 3.63) is 29.2 Å². The largest absolute Gasteiger partial charge is 0.383 e. The quantitative estimate of drug-likeness (QED) is 0.891. The normalized spacial score (nSPS) is 12.9. The van der Waals surface area contributed by atoms with Crippen LogP contribution >= 0.6 is 11.6 Å². The highest BCUT2D eigenvalue weighted by molar-refractivity contribution is 6.32. The van der Waals surface area contributed by atoms with Crippen LogP contribution < -0.4 is 5.73 Å². The van der Waals surface area contributed by atoms with Crippen molar-refractivity contribution < 1.29 is 0 Å². The summed E-state index contributed by atoms with van der Waals surface area (Å²) in [4.78, 5) is 0. The summed E-state index contributed by atoms with van der Waals surface area (Å²) in [6.45, 7) is 4.90. The molecule has 0 bridgehead atoms. The second-order valence-corrected chi connectivity index (χ2v) is 4.03. The Bertz CT molecular complexity index is 487. The highest BCUT2D eigenvalue weighted by atomic mass is 35.5. The van der Waals surface area contributed by atoms with Gasteiger partial charge in [-0.3, -0.25) is 4.68 Å². The molecule has 1 atom stereocenters. The first-order valence-corrected chi connectivity index (χ1v) is 5.52. The van der Waals surface area contributed by atoms with E-state index in [0.717, 1.165) is 12.1 Å². The highest BCUT2D eigenvalue weighted by Gasteiger charge is 2.15. The topological polar surface area (TPSA) is 61.7 Å². The Morgan fingerprint density at radius 2 is 2.19 bits per heavy atom. The predicted octanol–water partition coefficient (Wildman–Crippen LogP) is 1.94. The number of aromatic nitrogens is 4. The Morgan fingerprint density at radius 3 is 2.69 bits per heavy atom. The van der Waals surface area contributed by atoms with Gasteiger partial charge in [-0.2, -0.15) is 10.2 Å². The Hall–Kier alpha value is -1.49. The monoisotopic (exact) mass is 239 g/mol. The van der Waals surface area contributed by atoms with Gasteiger partial charge in [0.15, 0.2) is 0 Å². The molecule has 2 aromatic rings. The van der Waals surface area contributed by atoms with Crippen LogP contribution in [0.4, 0.5) is 5.82 Å². The summed E-state index contributed by atoms with van der Waals surface area (Å²) in [5.41, 5.74) is 6.88. The number of nitrogen functional groups attached to an aromatic ring is 1. The second kappa shape index (κ2) is 4.17. The third kappa shape index (κ3) is 1.78. The number of nitrogens with two attached hydrogens (primary N) is 1. The van der Waals surface area contributed by atoms with Crippen LogP contribution in [-0.2, 0) is 6.54 Å². The third-order valence-corrected chi connectivity index (χ3v) is 2.90. The number of nitrogens with zero attached hydrogens (tertiary/aromatic N) is 4. The molecule has 0 aliphatic heterocycles. The van der Waals surface area contributed by atoms with E-state index in [1.165, 1.54) is 0 Å². The molecule has 1 unspecified atom stereocenters. The van der Waals surface area contributed by atoms with E-state index in [-0.39, 0.29) is 6.04 Å². The van der Waals surface area contributed by atoms with Crippen molar-refractivity contribution in [3.8, 4) is 0 Å². The second-order valence-electron chi connectivity index (χ2n) is 3.63. The molecule has 0 aromatic carbocycles. The van der Waals surface area contributed by atoms with Gasteiger partial charge in [0.1, 0.15) is 10.8 Å². The highest BCUT2D eigenvalue weighted by Crippen LogP contribution is 2.24. The van der Waals surface area contributed by atoms with Crippen molar-refractivity contribution >= 4 is 17.4 Å². The fourth-order valence-corrected chi connectivity index (χ4v) is 1.70. The van der Waals surface area contributed by atoms with Crippen molar-refractivity contribution in [2.24, 2.45) is 0 Å². The van der Waals surface area contributed by atoms with E-state index in [1.54, 1.807) is 10.9 Å². The Kier molecular flexibility index (Phi) is 2.87. The van der Waals surface area contributed by atoms with E-state index in [4.69, 9.17) is 17.3 Å². The first-order valence-electron chi connectivity index (χ1n) is 5.14. The summed E-state index contributed by atoms with van der Waals surface area (Å²) in [5, 5.41) is 8.85. The van der Waals surface area contributed by atoms with Gasteiger partial charge in [0, 0.05) is 18.3 Å². The maximum absolute atomic E-state index is 5.86. The van der Waals surface area contributed by atoms with Crippen LogP contribution in [0.25, 0.3) is 0 Å². The van der Waals surface area contributed by atoms with Crippen LogP contribution in [0.2, 0.25) is 5.02 Å². The lowest BCUT2D eigenvalue weighted by Crippen LogP contribution is -2.10. The third-order valence-electron chi connectivity index (χ3n) is 2.61. The summed E-state index contributed by atoms with van der Waals surface area (Å²) in [5.74, 6) is 0.485. The Balaban J connectivity index is 2.31. The molecule has 0 aliphatic rings. The molecule has 0 fully saturated rings. The average molecular weight is 240 g/mol. The van der Waals surface area contributed by atoms with Gasteiger partial charge in [0.25, 0.3) is 0 Å². The molecule has 0 radical (unpaired) electrons. The summed E-state index contributed by atoms with van der Waals surface area (Å²) in [7, 11) is 0. The van der Waals surface area contributed by atoms with Gasteiger partial charge in [-0.1, -0.05) is 11.6 Å². The van der Waals surface area contributed by atoms with Crippen LogP contribution in [0.3, 0.4) is 0 Å². The lowest BCUT2D eigenvalue weighted by Gasteiger charge is -2.11. The molecule has 2 heterocycles. The van der Waals surface area contributed by atoms with Crippen LogP contribution in [0, 0.1) is 0 Å². The fraction of sp³-hybridized carbons (Fsp3) is 0.400. The summed E-state index contributed by atoms with van der Waals surface area (Å²) >= 11 is 5.86. The minimum absolute atomic E-state index is 0.0350. The number of halogens is 1. The Labute approximate surface area is 98.8 Å². The molecule has 2 rings (SSSR count). The molecular weight excluding hydrogens is 226 g/mol. The lowest BCUT2D eigenvalue weighted by atomic mass is 10.2. The molecule has 5 nitrogen and oxygen atoms in total. The number of hydrogen-bond acceptors (Lipinski definition) is 3. The van der Waals surface area contributed by atoms with E-state index < -0.39 is 0 Å². The molecule has 2 N–H and O–H groups in total. The smallest absolute Gasteiger partial charge is 0.141 e. The van der Waals surface area contributed by atoms with Crippen LogP contribution in [0.1, 0.15) is 25.5 Å². The number of anilines is 1. The van der Waals surface area contributed by atoms with Crippen molar-refractivity contribution in [2.45, 2.75) is 26.4 Å².